The minimum absolute atomic E-state index is 0.220. The summed E-state index contributed by atoms with van der Waals surface area (Å²) in [6.45, 7) is 0. The summed E-state index contributed by atoms with van der Waals surface area (Å²) in [4.78, 5) is 16.9. The molecule has 0 atom stereocenters. The minimum atomic E-state index is -0.572. The van der Waals surface area contributed by atoms with Gasteiger partial charge >= 0.3 is 5.82 Å². The topological polar surface area (TPSA) is 68.9 Å². The monoisotopic (exact) mass is 171 g/mol. The molecular weight excluding hydrogens is 166 g/mol. The Morgan fingerprint density at radius 1 is 1.55 bits per heavy atom. The highest BCUT2D eigenvalue weighted by molar-refractivity contribution is 7.98. The molecule has 0 aromatic carbocycles. The molecule has 11 heavy (non-hydrogen) atoms. The molecule has 0 radical (unpaired) electrons. The highest BCUT2D eigenvalue weighted by Gasteiger charge is 2.05. The van der Waals surface area contributed by atoms with Crippen molar-refractivity contribution >= 4 is 17.6 Å². The maximum atomic E-state index is 10.1. The van der Waals surface area contributed by atoms with Gasteiger partial charge in [0, 0.05) is 0 Å². The van der Waals surface area contributed by atoms with E-state index in [-0.39, 0.29) is 5.82 Å². The zero-order valence-corrected chi connectivity index (χ0v) is 6.54. The van der Waals surface area contributed by atoms with Crippen LogP contribution in [0.2, 0.25) is 0 Å². The fourth-order valence-electron chi connectivity index (χ4n) is 0.509. The summed E-state index contributed by atoms with van der Waals surface area (Å²) in [5, 5.41) is 10.8. The molecule has 0 aliphatic heterocycles. The van der Waals surface area contributed by atoms with E-state index >= 15 is 0 Å². The smallest absolute Gasteiger partial charge is 0.358 e. The first-order valence-electron chi connectivity index (χ1n) is 2.74. The highest BCUT2D eigenvalue weighted by Crippen LogP contribution is 2.11. The molecular formula is C5H5N3O2S. The predicted molar refractivity (Wildman–Crippen MR) is 40.5 cm³/mol. The molecule has 0 saturated heterocycles. The summed E-state index contributed by atoms with van der Waals surface area (Å²) in [7, 11) is 0. The molecule has 0 saturated carbocycles. The number of thioether (sulfide) groups is 1. The van der Waals surface area contributed by atoms with Gasteiger partial charge in [0.05, 0.1) is 0 Å². The van der Waals surface area contributed by atoms with Crippen molar-refractivity contribution in [2.24, 2.45) is 0 Å². The summed E-state index contributed by atoms with van der Waals surface area (Å²) in [6, 6.07) is 0. The summed E-state index contributed by atoms with van der Waals surface area (Å²) in [5.74, 6) is -0.220. The van der Waals surface area contributed by atoms with E-state index in [1.54, 1.807) is 0 Å². The van der Waals surface area contributed by atoms with Crippen molar-refractivity contribution < 1.29 is 4.92 Å². The Morgan fingerprint density at radius 2 is 2.27 bits per heavy atom. The number of hydrogen-bond acceptors (Lipinski definition) is 5. The van der Waals surface area contributed by atoms with Crippen LogP contribution in [0.1, 0.15) is 0 Å². The molecule has 5 nitrogen and oxygen atoms in total. The van der Waals surface area contributed by atoms with E-state index < -0.39 is 4.92 Å². The third kappa shape index (κ3) is 1.87. The van der Waals surface area contributed by atoms with Crippen molar-refractivity contribution in [2.75, 3.05) is 6.26 Å². The summed E-state index contributed by atoms with van der Waals surface area (Å²) in [5.41, 5.74) is 0. The minimum Gasteiger partial charge on any atom is -0.358 e. The van der Waals surface area contributed by atoms with Crippen molar-refractivity contribution in [3.05, 3.63) is 22.5 Å². The van der Waals surface area contributed by atoms with Gasteiger partial charge in [-0.15, -0.1) is 11.8 Å². The van der Waals surface area contributed by atoms with Crippen molar-refractivity contribution in [1.29, 1.82) is 0 Å². The van der Waals surface area contributed by atoms with E-state index in [1.165, 1.54) is 18.0 Å². The fourth-order valence-corrected chi connectivity index (χ4v) is 0.825. The van der Waals surface area contributed by atoms with Crippen LogP contribution in [0.3, 0.4) is 0 Å². The standard InChI is InChI=1S/C5H5N3O2S/c1-11-5-3-6-4(2-7-5)8(9)10/h2-3H,1H3. The van der Waals surface area contributed by atoms with Crippen LogP contribution in [0, 0.1) is 10.1 Å². The van der Waals surface area contributed by atoms with E-state index in [0.29, 0.717) is 5.03 Å². The molecule has 1 rings (SSSR count). The lowest BCUT2D eigenvalue weighted by Crippen LogP contribution is -1.92. The van der Waals surface area contributed by atoms with Gasteiger partial charge in [0.15, 0.2) is 6.20 Å². The predicted octanol–water partition coefficient (Wildman–Crippen LogP) is 1.11. The first-order valence-corrected chi connectivity index (χ1v) is 3.97. The quantitative estimate of drug-likeness (QED) is 0.378. The molecule has 0 spiro atoms. The number of hydrogen-bond donors (Lipinski definition) is 0. The summed E-state index contributed by atoms with van der Waals surface area (Å²) >= 11 is 1.39. The molecule has 0 aliphatic carbocycles. The molecule has 0 N–H and O–H groups in total. The fraction of sp³-hybridized carbons (Fsp3) is 0.200. The Kier molecular flexibility index (Phi) is 2.37. The average Bonchev–Trinajstić information content (AvgIpc) is 2.05. The molecule has 58 valence electrons. The summed E-state index contributed by atoms with van der Waals surface area (Å²) < 4.78 is 0. The Balaban J connectivity index is 2.91. The van der Waals surface area contributed by atoms with E-state index in [1.807, 2.05) is 6.26 Å². The van der Waals surface area contributed by atoms with Gasteiger partial charge in [-0.1, -0.05) is 0 Å². The van der Waals surface area contributed by atoms with Crippen LogP contribution in [0.15, 0.2) is 17.4 Å². The van der Waals surface area contributed by atoms with Crippen molar-refractivity contribution in [3.63, 3.8) is 0 Å². The van der Waals surface area contributed by atoms with E-state index in [4.69, 9.17) is 0 Å². The largest absolute Gasteiger partial charge is 0.382 e. The van der Waals surface area contributed by atoms with Gasteiger partial charge in [-0.3, -0.25) is 0 Å². The molecule has 0 bridgehead atoms. The van der Waals surface area contributed by atoms with Gasteiger partial charge in [0.1, 0.15) is 11.2 Å². The average molecular weight is 171 g/mol. The zero-order valence-electron chi connectivity index (χ0n) is 5.72. The molecule has 6 heteroatoms. The number of rotatable bonds is 2. The molecule has 0 aliphatic rings. The SMILES string of the molecule is CSc1cnc([N+](=O)[O-])cn1. The van der Waals surface area contributed by atoms with Crippen LogP contribution < -0.4 is 0 Å². The van der Waals surface area contributed by atoms with E-state index in [9.17, 15) is 10.1 Å². The zero-order chi connectivity index (χ0) is 8.27. The molecule has 1 aromatic rings. The van der Waals surface area contributed by atoms with Crippen LogP contribution in [0.25, 0.3) is 0 Å². The van der Waals surface area contributed by atoms with Crippen molar-refractivity contribution in [1.82, 2.24) is 9.97 Å². The van der Waals surface area contributed by atoms with Gasteiger partial charge in [0.25, 0.3) is 0 Å². The Bertz CT molecular complexity index is 261. The second-order valence-electron chi connectivity index (χ2n) is 1.67. The number of aromatic nitrogens is 2. The molecule has 1 aromatic heterocycles. The maximum Gasteiger partial charge on any atom is 0.382 e. The van der Waals surface area contributed by atoms with Crippen LogP contribution in [-0.4, -0.2) is 21.1 Å². The normalized spacial score (nSPS) is 9.55. The lowest BCUT2D eigenvalue weighted by molar-refractivity contribution is -0.390. The van der Waals surface area contributed by atoms with Crippen LogP contribution in [0.5, 0.6) is 0 Å². The summed E-state index contributed by atoms with van der Waals surface area (Å²) in [6.07, 6.45) is 4.35. The lowest BCUT2D eigenvalue weighted by Gasteiger charge is -1.91. The van der Waals surface area contributed by atoms with Gasteiger partial charge in [-0.05, 0) is 16.2 Å². The van der Waals surface area contributed by atoms with Gasteiger partial charge < -0.3 is 10.1 Å². The third-order valence-corrected chi connectivity index (χ3v) is 1.64. The molecule has 1 heterocycles. The lowest BCUT2D eigenvalue weighted by atomic mass is 10.7. The van der Waals surface area contributed by atoms with Crippen LogP contribution >= 0.6 is 11.8 Å². The molecule has 0 amide bonds. The number of nitro groups is 1. The Morgan fingerprint density at radius 3 is 2.64 bits per heavy atom. The van der Waals surface area contributed by atoms with Crippen molar-refractivity contribution in [3.8, 4) is 0 Å². The first kappa shape index (κ1) is 7.93. The molecule has 0 unspecified atom stereocenters. The van der Waals surface area contributed by atoms with Crippen LogP contribution in [-0.2, 0) is 0 Å². The molecule has 0 fully saturated rings. The maximum absolute atomic E-state index is 10.1. The van der Waals surface area contributed by atoms with E-state index in [2.05, 4.69) is 9.97 Å². The van der Waals surface area contributed by atoms with Gasteiger partial charge in [-0.2, -0.15) is 0 Å². The number of nitrogens with zero attached hydrogens (tertiary/aromatic N) is 3. The van der Waals surface area contributed by atoms with E-state index in [0.717, 1.165) is 6.20 Å². The van der Waals surface area contributed by atoms with Crippen molar-refractivity contribution in [2.45, 2.75) is 5.03 Å². The first-order chi connectivity index (χ1) is 5.24. The highest BCUT2D eigenvalue weighted by atomic mass is 32.2. The Hall–Kier alpha value is -1.17. The second-order valence-corrected chi connectivity index (χ2v) is 2.50. The third-order valence-electron chi connectivity index (χ3n) is 1.01. The van der Waals surface area contributed by atoms with Gasteiger partial charge in [-0.25, -0.2) is 4.98 Å². The van der Waals surface area contributed by atoms with Gasteiger partial charge in [0.2, 0.25) is 0 Å². The Labute approximate surface area is 67.0 Å². The van der Waals surface area contributed by atoms with Crippen LogP contribution in [0.4, 0.5) is 5.82 Å². The second kappa shape index (κ2) is 3.29.